The third-order valence-electron chi connectivity index (χ3n) is 5.29. The molecule has 2 fully saturated rings. The number of rotatable bonds is 7. The number of esters is 1. The first-order valence-electron chi connectivity index (χ1n) is 9.75. The van der Waals surface area contributed by atoms with Crippen LogP contribution in [0, 0.1) is 10.1 Å². The monoisotopic (exact) mass is 452 g/mol. The van der Waals surface area contributed by atoms with E-state index in [1.807, 2.05) is 0 Å². The number of imide groups is 1. The molecule has 166 valence electrons. The molecule has 1 aromatic rings. The number of benzene rings is 1. The van der Waals surface area contributed by atoms with Crippen LogP contribution in [0.15, 0.2) is 18.2 Å². The second kappa shape index (κ2) is 9.29. The maximum absolute atomic E-state index is 12.6. The topological polar surface area (TPSA) is 148 Å². The van der Waals surface area contributed by atoms with Gasteiger partial charge in [0.1, 0.15) is 5.54 Å². The highest BCUT2D eigenvalue weighted by atomic mass is 35.5. The number of nitrogens with zero attached hydrogens (tertiary/aromatic N) is 2. The van der Waals surface area contributed by atoms with Crippen molar-refractivity contribution >= 4 is 46.8 Å². The molecule has 0 unspecified atom stereocenters. The fourth-order valence-corrected chi connectivity index (χ4v) is 3.87. The summed E-state index contributed by atoms with van der Waals surface area (Å²) in [5, 5.41) is 16.0. The molecule has 3 rings (SSSR count). The van der Waals surface area contributed by atoms with E-state index in [4.69, 9.17) is 16.3 Å². The van der Waals surface area contributed by atoms with E-state index in [9.17, 15) is 29.3 Å². The predicted octanol–water partition coefficient (Wildman–Crippen LogP) is 2.37. The van der Waals surface area contributed by atoms with Crippen LogP contribution in [0.1, 0.15) is 38.5 Å². The SMILES string of the molecule is O=C(COC(=O)CCN1C(=O)NC2(CCCCC2)C1=O)Nc1cc([N+](=O)[O-])ccc1Cl. The summed E-state index contributed by atoms with van der Waals surface area (Å²) in [7, 11) is 0. The van der Waals surface area contributed by atoms with Gasteiger partial charge in [0, 0.05) is 18.7 Å². The maximum Gasteiger partial charge on any atom is 0.325 e. The number of nitro benzene ring substituents is 1. The van der Waals surface area contributed by atoms with Gasteiger partial charge in [-0.3, -0.25) is 29.4 Å². The summed E-state index contributed by atoms with van der Waals surface area (Å²) in [6.07, 6.45) is 3.62. The standard InChI is InChI=1S/C19H21ClN4O7/c20-13-5-4-12(24(29)30)10-14(13)21-15(25)11-31-16(26)6-9-23-17(27)19(22-18(23)28)7-2-1-3-8-19/h4-5,10H,1-3,6-9,11H2,(H,21,25)(H,22,28). The molecular weight excluding hydrogens is 432 g/mol. The van der Waals surface area contributed by atoms with Crippen molar-refractivity contribution in [3.8, 4) is 0 Å². The Morgan fingerprint density at radius 2 is 1.97 bits per heavy atom. The van der Waals surface area contributed by atoms with Gasteiger partial charge in [0.25, 0.3) is 17.5 Å². The van der Waals surface area contributed by atoms with Gasteiger partial charge in [-0.1, -0.05) is 30.9 Å². The van der Waals surface area contributed by atoms with Crippen molar-refractivity contribution in [2.45, 2.75) is 44.1 Å². The Balaban J connectivity index is 1.47. The number of carbonyl (C=O) groups is 4. The lowest BCUT2D eigenvalue weighted by Gasteiger charge is -2.30. The van der Waals surface area contributed by atoms with Crippen LogP contribution < -0.4 is 10.6 Å². The molecule has 0 aromatic heterocycles. The van der Waals surface area contributed by atoms with Crippen molar-refractivity contribution in [2.24, 2.45) is 0 Å². The summed E-state index contributed by atoms with van der Waals surface area (Å²) in [5.41, 5.74) is -1.12. The molecular formula is C19H21ClN4O7. The molecule has 1 aliphatic carbocycles. The molecule has 1 saturated heterocycles. The van der Waals surface area contributed by atoms with E-state index in [1.165, 1.54) is 12.1 Å². The zero-order chi connectivity index (χ0) is 22.6. The van der Waals surface area contributed by atoms with Crippen LogP contribution in [0.2, 0.25) is 5.02 Å². The summed E-state index contributed by atoms with van der Waals surface area (Å²) in [4.78, 5) is 59.9. The Bertz CT molecular complexity index is 930. The van der Waals surface area contributed by atoms with Crippen LogP contribution in [0.3, 0.4) is 0 Å². The zero-order valence-corrected chi connectivity index (χ0v) is 17.3. The quantitative estimate of drug-likeness (QED) is 0.279. The highest BCUT2D eigenvalue weighted by Gasteiger charge is 2.51. The molecule has 2 N–H and O–H groups in total. The molecule has 1 heterocycles. The van der Waals surface area contributed by atoms with E-state index in [0.29, 0.717) is 12.8 Å². The van der Waals surface area contributed by atoms with Crippen LogP contribution >= 0.6 is 11.6 Å². The van der Waals surface area contributed by atoms with Gasteiger partial charge in [-0.05, 0) is 18.9 Å². The number of nitro groups is 1. The van der Waals surface area contributed by atoms with Crippen molar-refractivity contribution in [3.05, 3.63) is 33.3 Å². The minimum absolute atomic E-state index is 0.00836. The van der Waals surface area contributed by atoms with E-state index in [1.54, 1.807) is 0 Å². The van der Waals surface area contributed by atoms with Crippen molar-refractivity contribution in [1.29, 1.82) is 0 Å². The Morgan fingerprint density at radius 1 is 1.26 bits per heavy atom. The lowest BCUT2D eigenvalue weighted by molar-refractivity contribution is -0.384. The Kier molecular flexibility index (Phi) is 6.74. The largest absolute Gasteiger partial charge is 0.456 e. The minimum atomic E-state index is -0.864. The van der Waals surface area contributed by atoms with Gasteiger partial charge in [-0.25, -0.2) is 4.79 Å². The second-order valence-electron chi connectivity index (χ2n) is 7.41. The number of anilines is 1. The van der Waals surface area contributed by atoms with Gasteiger partial charge in [-0.2, -0.15) is 0 Å². The van der Waals surface area contributed by atoms with Crippen LogP contribution in [0.25, 0.3) is 0 Å². The predicted molar refractivity (Wildman–Crippen MR) is 108 cm³/mol. The molecule has 4 amide bonds. The van der Waals surface area contributed by atoms with Gasteiger partial charge >= 0.3 is 12.0 Å². The number of hydrogen-bond donors (Lipinski definition) is 2. The maximum atomic E-state index is 12.6. The summed E-state index contributed by atoms with van der Waals surface area (Å²) in [6, 6.07) is 3.00. The fourth-order valence-electron chi connectivity index (χ4n) is 3.70. The first kappa shape index (κ1) is 22.5. The molecule has 0 bridgehead atoms. The van der Waals surface area contributed by atoms with Crippen molar-refractivity contribution in [2.75, 3.05) is 18.5 Å². The summed E-state index contributed by atoms with van der Waals surface area (Å²) in [6.45, 7) is -0.800. The second-order valence-corrected chi connectivity index (χ2v) is 7.82. The number of halogens is 1. The summed E-state index contributed by atoms with van der Waals surface area (Å²) in [5.74, 6) is -1.85. The third-order valence-corrected chi connectivity index (χ3v) is 5.62. The normalized spacial score (nSPS) is 17.4. The van der Waals surface area contributed by atoms with Crippen LogP contribution in [0.5, 0.6) is 0 Å². The average molecular weight is 453 g/mol. The number of nitrogens with one attached hydrogen (secondary N) is 2. The molecule has 2 aliphatic rings. The van der Waals surface area contributed by atoms with Crippen molar-refractivity contribution in [1.82, 2.24) is 10.2 Å². The first-order valence-corrected chi connectivity index (χ1v) is 10.1. The molecule has 1 spiro atoms. The lowest BCUT2D eigenvalue weighted by Crippen LogP contribution is -2.48. The minimum Gasteiger partial charge on any atom is -0.456 e. The molecule has 12 heteroatoms. The molecule has 1 aliphatic heterocycles. The van der Waals surface area contributed by atoms with Crippen LogP contribution in [-0.4, -0.2) is 52.3 Å². The molecule has 11 nitrogen and oxygen atoms in total. The number of hydrogen-bond acceptors (Lipinski definition) is 7. The van der Waals surface area contributed by atoms with Crippen molar-refractivity contribution in [3.63, 3.8) is 0 Å². The van der Waals surface area contributed by atoms with Gasteiger partial charge in [-0.15, -0.1) is 0 Å². The fraction of sp³-hybridized carbons (Fsp3) is 0.474. The summed E-state index contributed by atoms with van der Waals surface area (Å²) >= 11 is 5.90. The molecule has 0 atom stereocenters. The van der Waals surface area contributed by atoms with Gasteiger partial charge in [0.05, 0.1) is 22.1 Å². The molecule has 0 radical (unpaired) electrons. The molecule has 1 saturated carbocycles. The van der Waals surface area contributed by atoms with Gasteiger partial charge < -0.3 is 15.4 Å². The average Bonchev–Trinajstić information content (AvgIpc) is 2.95. The Morgan fingerprint density at radius 3 is 2.65 bits per heavy atom. The van der Waals surface area contributed by atoms with E-state index >= 15 is 0 Å². The van der Waals surface area contributed by atoms with Gasteiger partial charge in [0.15, 0.2) is 6.61 Å². The number of urea groups is 1. The van der Waals surface area contributed by atoms with Gasteiger partial charge in [0.2, 0.25) is 0 Å². The zero-order valence-electron chi connectivity index (χ0n) is 16.5. The third kappa shape index (κ3) is 5.10. The Hall–Kier alpha value is -3.21. The molecule has 1 aromatic carbocycles. The van der Waals surface area contributed by atoms with Crippen LogP contribution in [-0.2, 0) is 19.1 Å². The number of carbonyl (C=O) groups excluding carboxylic acids is 4. The van der Waals surface area contributed by atoms with E-state index < -0.39 is 35.0 Å². The number of amides is 4. The smallest absolute Gasteiger partial charge is 0.325 e. The van der Waals surface area contributed by atoms with E-state index in [2.05, 4.69) is 10.6 Å². The highest BCUT2D eigenvalue weighted by molar-refractivity contribution is 6.33. The van der Waals surface area contributed by atoms with E-state index in [-0.39, 0.29) is 35.3 Å². The molecule has 31 heavy (non-hydrogen) atoms. The summed E-state index contributed by atoms with van der Waals surface area (Å²) < 4.78 is 4.86. The van der Waals surface area contributed by atoms with E-state index in [0.717, 1.165) is 30.2 Å². The van der Waals surface area contributed by atoms with Crippen molar-refractivity contribution < 1.29 is 28.8 Å². The lowest BCUT2D eigenvalue weighted by atomic mass is 9.82. The number of ether oxygens (including phenoxy) is 1. The van der Waals surface area contributed by atoms with Crippen LogP contribution in [0.4, 0.5) is 16.2 Å². The first-order chi connectivity index (χ1) is 14.7. The number of non-ortho nitro benzene ring substituents is 1. The Labute approximate surface area is 182 Å². The highest BCUT2D eigenvalue weighted by Crippen LogP contribution is 2.33.